The minimum atomic E-state index is -0.130. The fourth-order valence-corrected chi connectivity index (χ4v) is 2.28. The Morgan fingerprint density at radius 3 is 2.38 bits per heavy atom. The molecule has 0 spiro atoms. The summed E-state index contributed by atoms with van der Waals surface area (Å²) in [5, 5.41) is 2.96. The van der Waals surface area contributed by atoms with Crippen molar-refractivity contribution in [1.82, 2.24) is 0 Å². The van der Waals surface area contributed by atoms with Crippen LogP contribution in [0.5, 0.6) is 0 Å². The first-order valence-electron chi connectivity index (χ1n) is 7.16. The molecule has 1 amide bonds. The summed E-state index contributed by atoms with van der Waals surface area (Å²) < 4.78 is 0. The van der Waals surface area contributed by atoms with Gasteiger partial charge in [0.2, 0.25) is 0 Å². The van der Waals surface area contributed by atoms with Crippen molar-refractivity contribution in [3.63, 3.8) is 0 Å². The maximum absolute atomic E-state index is 12.3. The molecule has 0 radical (unpaired) electrons. The average molecular weight is 283 g/mol. The maximum Gasteiger partial charge on any atom is 0.255 e. The van der Waals surface area contributed by atoms with E-state index in [0.717, 1.165) is 24.5 Å². The van der Waals surface area contributed by atoms with Crippen LogP contribution in [-0.2, 0) is 0 Å². The Kier molecular flexibility index (Phi) is 4.82. The van der Waals surface area contributed by atoms with Gasteiger partial charge in [-0.05, 0) is 44.2 Å². The number of hydrogen-bond acceptors (Lipinski definition) is 3. The molecule has 2 rings (SSSR count). The quantitative estimate of drug-likeness (QED) is 0.827. The van der Waals surface area contributed by atoms with Gasteiger partial charge in [-0.2, -0.15) is 0 Å². The van der Waals surface area contributed by atoms with Gasteiger partial charge in [-0.3, -0.25) is 4.79 Å². The zero-order valence-corrected chi connectivity index (χ0v) is 12.5. The normalized spacial score (nSPS) is 10.2. The molecule has 0 heterocycles. The third-order valence-electron chi connectivity index (χ3n) is 3.41. The third kappa shape index (κ3) is 3.54. The van der Waals surface area contributed by atoms with Crippen LogP contribution in [0.2, 0.25) is 0 Å². The molecule has 0 aliphatic rings. The highest BCUT2D eigenvalue weighted by atomic mass is 16.1. The van der Waals surface area contributed by atoms with E-state index < -0.39 is 0 Å². The number of benzene rings is 2. The SMILES string of the molecule is CCN(CC)c1ccc(N)cc1NC(=O)c1ccccc1. The number of amides is 1. The van der Waals surface area contributed by atoms with Gasteiger partial charge in [0.05, 0.1) is 11.4 Å². The van der Waals surface area contributed by atoms with Crippen molar-refractivity contribution < 1.29 is 4.79 Å². The maximum atomic E-state index is 12.3. The Morgan fingerprint density at radius 2 is 1.76 bits per heavy atom. The number of anilines is 3. The van der Waals surface area contributed by atoms with Crippen molar-refractivity contribution in [2.45, 2.75) is 13.8 Å². The highest BCUT2D eigenvalue weighted by molar-refractivity contribution is 6.06. The molecule has 0 unspecified atom stereocenters. The second kappa shape index (κ2) is 6.79. The zero-order valence-electron chi connectivity index (χ0n) is 12.5. The summed E-state index contributed by atoms with van der Waals surface area (Å²) >= 11 is 0. The summed E-state index contributed by atoms with van der Waals surface area (Å²) in [5.74, 6) is -0.130. The van der Waals surface area contributed by atoms with Crippen LogP contribution in [-0.4, -0.2) is 19.0 Å². The van der Waals surface area contributed by atoms with Gasteiger partial charge in [0, 0.05) is 24.3 Å². The first-order chi connectivity index (χ1) is 10.2. The number of nitrogens with zero attached hydrogens (tertiary/aromatic N) is 1. The van der Waals surface area contributed by atoms with Gasteiger partial charge >= 0.3 is 0 Å². The Morgan fingerprint density at radius 1 is 1.10 bits per heavy atom. The molecule has 4 heteroatoms. The fourth-order valence-electron chi connectivity index (χ4n) is 2.28. The van der Waals surface area contributed by atoms with Crippen molar-refractivity contribution in [3.8, 4) is 0 Å². The molecule has 4 nitrogen and oxygen atoms in total. The minimum Gasteiger partial charge on any atom is -0.399 e. The first kappa shape index (κ1) is 14.9. The van der Waals surface area contributed by atoms with Crippen LogP contribution in [0.1, 0.15) is 24.2 Å². The number of nitrogens with one attached hydrogen (secondary N) is 1. The van der Waals surface area contributed by atoms with Crippen LogP contribution in [0, 0.1) is 0 Å². The largest absolute Gasteiger partial charge is 0.399 e. The van der Waals surface area contributed by atoms with E-state index in [2.05, 4.69) is 24.1 Å². The first-order valence-corrected chi connectivity index (χ1v) is 7.16. The minimum absolute atomic E-state index is 0.130. The number of rotatable bonds is 5. The summed E-state index contributed by atoms with van der Waals surface area (Å²) in [6, 6.07) is 14.8. The number of nitrogen functional groups attached to an aromatic ring is 1. The van der Waals surface area contributed by atoms with E-state index in [4.69, 9.17) is 5.73 Å². The summed E-state index contributed by atoms with van der Waals surface area (Å²) in [6.45, 7) is 5.91. The van der Waals surface area contributed by atoms with E-state index in [1.807, 2.05) is 30.3 Å². The van der Waals surface area contributed by atoms with Crippen molar-refractivity contribution in [3.05, 3.63) is 54.1 Å². The second-order valence-corrected chi connectivity index (χ2v) is 4.77. The van der Waals surface area contributed by atoms with Gasteiger partial charge in [-0.25, -0.2) is 0 Å². The van der Waals surface area contributed by atoms with E-state index in [-0.39, 0.29) is 5.91 Å². The molecule has 0 saturated heterocycles. The molecule has 0 atom stereocenters. The summed E-state index contributed by atoms with van der Waals surface area (Å²) in [5.41, 5.74) is 8.85. The second-order valence-electron chi connectivity index (χ2n) is 4.77. The van der Waals surface area contributed by atoms with Crippen molar-refractivity contribution in [1.29, 1.82) is 0 Å². The van der Waals surface area contributed by atoms with Crippen LogP contribution >= 0.6 is 0 Å². The molecule has 0 fully saturated rings. The van der Waals surface area contributed by atoms with Crippen LogP contribution < -0.4 is 16.0 Å². The van der Waals surface area contributed by atoms with Crippen molar-refractivity contribution in [2.24, 2.45) is 0 Å². The molecule has 0 aliphatic carbocycles. The van der Waals surface area contributed by atoms with Crippen LogP contribution in [0.4, 0.5) is 17.1 Å². The van der Waals surface area contributed by atoms with Gasteiger partial charge in [-0.1, -0.05) is 18.2 Å². The highest BCUT2D eigenvalue weighted by Gasteiger charge is 2.12. The van der Waals surface area contributed by atoms with E-state index in [1.165, 1.54) is 0 Å². The molecule has 3 N–H and O–H groups in total. The molecular weight excluding hydrogens is 262 g/mol. The Bertz CT molecular complexity index is 607. The topological polar surface area (TPSA) is 58.4 Å². The molecular formula is C17H21N3O. The lowest BCUT2D eigenvalue weighted by Crippen LogP contribution is -2.24. The molecule has 2 aromatic rings. The Hall–Kier alpha value is -2.49. The highest BCUT2D eigenvalue weighted by Crippen LogP contribution is 2.28. The van der Waals surface area contributed by atoms with Crippen molar-refractivity contribution in [2.75, 3.05) is 29.0 Å². The van der Waals surface area contributed by atoms with Crippen LogP contribution in [0.25, 0.3) is 0 Å². The summed E-state index contributed by atoms with van der Waals surface area (Å²) in [6.07, 6.45) is 0. The smallest absolute Gasteiger partial charge is 0.255 e. The van der Waals surface area contributed by atoms with Crippen molar-refractivity contribution >= 4 is 23.0 Å². The predicted octanol–water partition coefficient (Wildman–Crippen LogP) is 3.37. The van der Waals surface area contributed by atoms with E-state index >= 15 is 0 Å². The molecule has 110 valence electrons. The molecule has 0 saturated carbocycles. The average Bonchev–Trinajstić information content (AvgIpc) is 2.51. The predicted molar refractivity (Wildman–Crippen MR) is 88.8 cm³/mol. The summed E-state index contributed by atoms with van der Waals surface area (Å²) in [4.78, 5) is 14.5. The molecule has 0 aliphatic heterocycles. The van der Waals surface area contributed by atoms with E-state index in [9.17, 15) is 4.79 Å². The van der Waals surface area contributed by atoms with Gasteiger partial charge in [0.15, 0.2) is 0 Å². The fraction of sp³-hybridized carbons (Fsp3) is 0.235. The Balaban J connectivity index is 2.30. The molecule has 21 heavy (non-hydrogen) atoms. The van der Waals surface area contributed by atoms with Gasteiger partial charge in [0.1, 0.15) is 0 Å². The zero-order chi connectivity index (χ0) is 15.2. The molecule has 0 bridgehead atoms. The molecule has 2 aromatic carbocycles. The molecule has 0 aromatic heterocycles. The van der Waals surface area contributed by atoms with Crippen LogP contribution in [0.3, 0.4) is 0 Å². The number of hydrogen-bond donors (Lipinski definition) is 2. The van der Waals surface area contributed by atoms with Gasteiger partial charge < -0.3 is 16.0 Å². The third-order valence-corrected chi connectivity index (χ3v) is 3.41. The number of nitrogens with two attached hydrogens (primary N) is 1. The number of carbonyl (C=O) groups excluding carboxylic acids is 1. The standard InChI is InChI=1S/C17H21N3O/c1-3-20(4-2)16-11-10-14(18)12-15(16)19-17(21)13-8-6-5-7-9-13/h5-12H,3-4,18H2,1-2H3,(H,19,21). The monoisotopic (exact) mass is 283 g/mol. The van der Waals surface area contributed by atoms with E-state index in [0.29, 0.717) is 11.3 Å². The van der Waals surface area contributed by atoms with E-state index in [1.54, 1.807) is 18.2 Å². The lowest BCUT2D eigenvalue weighted by atomic mass is 10.1. The van der Waals surface area contributed by atoms with Crippen LogP contribution in [0.15, 0.2) is 48.5 Å². The summed E-state index contributed by atoms with van der Waals surface area (Å²) in [7, 11) is 0. The lowest BCUT2D eigenvalue weighted by molar-refractivity contribution is 0.102. The van der Waals surface area contributed by atoms with Gasteiger partial charge in [-0.15, -0.1) is 0 Å². The lowest BCUT2D eigenvalue weighted by Gasteiger charge is -2.24. The van der Waals surface area contributed by atoms with Gasteiger partial charge in [0.25, 0.3) is 5.91 Å². The number of carbonyl (C=O) groups is 1. The Labute approximate surface area is 125 Å².